The van der Waals surface area contributed by atoms with Crippen molar-refractivity contribution in [2.45, 2.75) is 11.1 Å². The zero-order valence-corrected chi connectivity index (χ0v) is 6.75. The Morgan fingerprint density at radius 2 is 1.58 bits per heavy atom. The van der Waals surface area contributed by atoms with Crippen molar-refractivity contribution in [1.82, 2.24) is 0 Å². The van der Waals surface area contributed by atoms with Gasteiger partial charge in [-0.05, 0) is 36.2 Å². The highest BCUT2D eigenvalue weighted by atomic mass is 32.2. The van der Waals surface area contributed by atoms with E-state index >= 15 is 0 Å². The second-order valence-corrected chi connectivity index (χ2v) is 2.85. The average Bonchev–Trinajstić information content (AvgIpc) is 2.03. The summed E-state index contributed by atoms with van der Waals surface area (Å²) in [6.07, 6.45) is -4.27. The lowest BCUT2D eigenvalue weighted by molar-refractivity contribution is -0.137. The SMILES string of the molecule is NSc1ccc(C(F)(F)F)cc1. The summed E-state index contributed by atoms with van der Waals surface area (Å²) in [5.74, 6) is 0. The lowest BCUT2D eigenvalue weighted by atomic mass is 10.2. The highest BCUT2D eigenvalue weighted by Crippen LogP contribution is 2.29. The molecule has 0 aliphatic rings. The maximum absolute atomic E-state index is 12.0. The van der Waals surface area contributed by atoms with Crippen molar-refractivity contribution >= 4 is 11.9 Å². The van der Waals surface area contributed by atoms with Gasteiger partial charge in [0.1, 0.15) is 0 Å². The Morgan fingerprint density at radius 1 is 1.08 bits per heavy atom. The number of halogens is 3. The van der Waals surface area contributed by atoms with Crippen LogP contribution in [0.1, 0.15) is 5.56 Å². The van der Waals surface area contributed by atoms with Gasteiger partial charge in [-0.25, -0.2) is 0 Å². The number of alkyl halides is 3. The maximum Gasteiger partial charge on any atom is 0.416 e. The van der Waals surface area contributed by atoms with Gasteiger partial charge in [0.2, 0.25) is 0 Å². The Morgan fingerprint density at radius 3 is 1.92 bits per heavy atom. The minimum atomic E-state index is -4.27. The first-order chi connectivity index (χ1) is 5.54. The molecular weight excluding hydrogens is 187 g/mol. The summed E-state index contributed by atoms with van der Waals surface area (Å²) in [4.78, 5) is 0.614. The van der Waals surface area contributed by atoms with Gasteiger partial charge in [0.25, 0.3) is 0 Å². The Balaban J connectivity index is 2.93. The molecule has 0 radical (unpaired) electrons. The minimum absolute atomic E-state index is 0.614. The number of rotatable bonds is 1. The van der Waals surface area contributed by atoms with Crippen LogP contribution in [0.5, 0.6) is 0 Å². The van der Waals surface area contributed by atoms with E-state index in [0.29, 0.717) is 4.90 Å². The molecule has 1 nitrogen and oxygen atoms in total. The fourth-order valence-corrected chi connectivity index (χ4v) is 1.02. The first-order valence-electron chi connectivity index (χ1n) is 3.08. The molecule has 0 atom stereocenters. The summed E-state index contributed by atoms with van der Waals surface area (Å²) in [5.41, 5.74) is -0.653. The van der Waals surface area contributed by atoms with Gasteiger partial charge in [-0.1, -0.05) is 0 Å². The molecule has 0 amide bonds. The predicted octanol–water partition coefficient (Wildman–Crippen LogP) is 2.67. The van der Waals surface area contributed by atoms with Crippen molar-refractivity contribution < 1.29 is 13.2 Å². The van der Waals surface area contributed by atoms with Gasteiger partial charge in [-0.15, -0.1) is 0 Å². The van der Waals surface area contributed by atoms with E-state index in [1.54, 1.807) is 0 Å². The van der Waals surface area contributed by atoms with Gasteiger partial charge < -0.3 is 0 Å². The Labute approximate surface area is 71.9 Å². The summed E-state index contributed by atoms with van der Waals surface area (Å²) in [6, 6.07) is 4.70. The summed E-state index contributed by atoms with van der Waals surface area (Å²) in [6.45, 7) is 0. The van der Waals surface area contributed by atoms with E-state index in [-0.39, 0.29) is 0 Å². The van der Waals surface area contributed by atoms with Gasteiger partial charge in [0, 0.05) is 4.90 Å². The van der Waals surface area contributed by atoms with Crippen LogP contribution in [0.4, 0.5) is 13.2 Å². The highest BCUT2D eigenvalue weighted by Gasteiger charge is 2.29. The summed E-state index contributed by atoms with van der Waals surface area (Å²) < 4.78 is 36.0. The van der Waals surface area contributed by atoms with Crippen molar-refractivity contribution in [3.63, 3.8) is 0 Å². The Bertz CT molecular complexity index is 254. The van der Waals surface area contributed by atoms with Crippen LogP contribution in [-0.2, 0) is 6.18 Å². The van der Waals surface area contributed by atoms with Crippen molar-refractivity contribution in [2.24, 2.45) is 5.14 Å². The topological polar surface area (TPSA) is 26.0 Å². The largest absolute Gasteiger partial charge is 0.416 e. The van der Waals surface area contributed by atoms with Crippen molar-refractivity contribution in [1.29, 1.82) is 0 Å². The van der Waals surface area contributed by atoms with Crippen LogP contribution >= 0.6 is 11.9 Å². The second kappa shape index (κ2) is 3.37. The third-order valence-electron chi connectivity index (χ3n) is 1.32. The van der Waals surface area contributed by atoms with Crippen LogP contribution in [0.2, 0.25) is 0 Å². The minimum Gasteiger partial charge on any atom is -0.274 e. The molecule has 0 spiro atoms. The molecule has 0 saturated heterocycles. The molecule has 0 aliphatic carbocycles. The van der Waals surface area contributed by atoms with Gasteiger partial charge in [0.05, 0.1) is 5.56 Å². The molecule has 66 valence electrons. The fourth-order valence-electron chi connectivity index (χ4n) is 0.722. The van der Waals surface area contributed by atoms with E-state index in [2.05, 4.69) is 0 Å². The second-order valence-electron chi connectivity index (χ2n) is 2.14. The van der Waals surface area contributed by atoms with Crippen LogP contribution in [0.15, 0.2) is 29.2 Å². The summed E-state index contributed by atoms with van der Waals surface area (Å²) >= 11 is 0.921. The van der Waals surface area contributed by atoms with E-state index < -0.39 is 11.7 Å². The molecule has 5 heteroatoms. The molecule has 0 aromatic heterocycles. The number of nitrogens with two attached hydrogens (primary N) is 1. The quantitative estimate of drug-likeness (QED) is 0.694. The van der Waals surface area contributed by atoms with E-state index in [0.717, 1.165) is 24.1 Å². The standard InChI is InChI=1S/C7H6F3NS/c8-7(9,10)5-1-3-6(12-11)4-2-5/h1-4H,11H2. The molecule has 0 unspecified atom stereocenters. The zero-order chi connectivity index (χ0) is 9.19. The average molecular weight is 193 g/mol. The summed E-state index contributed by atoms with van der Waals surface area (Å²) in [5, 5.41) is 5.14. The van der Waals surface area contributed by atoms with E-state index in [9.17, 15) is 13.2 Å². The lowest BCUT2D eigenvalue weighted by Gasteiger charge is -2.05. The van der Waals surface area contributed by atoms with Crippen molar-refractivity contribution in [3.8, 4) is 0 Å². The van der Waals surface area contributed by atoms with Gasteiger partial charge >= 0.3 is 6.18 Å². The van der Waals surface area contributed by atoms with E-state index in [4.69, 9.17) is 5.14 Å². The molecule has 2 N–H and O–H groups in total. The Hall–Kier alpha value is -0.680. The normalized spacial score (nSPS) is 11.7. The Kier molecular flexibility index (Phi) is 2.64. The van der Waals surface area contributed by atoms with Gasteiger partial charge in [0.15, 0.2) is 0 Å². The van der Waals surface area contributed by atoms with Crippen LogP contribution in [0, 0.1) is 0 Å². The highest BCUT2D eigenvalue weighted by molar-refractivity contribution is 7.97. The number of hydrogen-bond acceptors (Lipinski definition) is 2. The lowest BCUT2D eigenvalue weighted by Crippen LogP contribution is -2.03. The molecule has 12 heavy (non-hydrogen) atoms. The van der Waals surface area contributed by atoms with E-state index in [1.807, 2.05) is 0 Å². The predicted molar refractivity (Wildman–Crippen MR) is 41.5 cm³/mol. The van der Waals surface area contributed by atoms with Crippen LogP contribution in [0.3, 0.4) is 0 Å². The van der Waals surface area contributed by atoms with Gasteiger partial charge in [-0.3, -0.25) is 5.14 Å². The molecule has 1 aromatic carbocycles. The van der Waals surface area contributed by atoms with E-state index in [1.165, 1.54) is 12.1 Å². The zero-order valence-electron chi connectivity index (χ0n) is 5.93. The molecule has 0 heterocycles. The first kappa shape index (κ1) is 9.41. The third-order valence-corrected chi connectivity index (χ3v) is 1.86. The molecule has 0 aliphatic heterocycles. The number of hydrogen-bond donors (Lipinski definition) is 1. The monoisotopic (exact) mass is 193 g/mol. The molecule has 1 aromatic rings. The molecule has 0 fully saturated rings. The van der Waals surface area contributed by atoms with Crippen LogP contribution in [-0.4, -0.2) is 0 Å². The molecular formula is C7H6F3NS. The van der Waals surface area contributed by atoms with Gasteiger partial charge in [-0.2, -0.15) is 13.2 Å². The molecule has 0 saturated carbocycles. The van der Waals surface area contributed by atoms with Crippen molar-refractivity contribution in [3.05, 3.63) is 29.8 Å². The smallest absolute Gasteiger partial charge is 0.274 e. The number of benzene rings is 1. The first-order valence-corrected chi connectivity index (χ1v) is 3.96. The van der Waals surface area contributed by atoms with Crippen LogP contribution in [0.25, 0.3) is 0 Å². The molecule has 1 rings (SSSR count). The fraction of sp³-hybridized carbons (Fsp3) is 0.143. The summed E-state index contributed by atoms with van der Waals surface area (Å²) in [7, 11) is 0. The molecule has 0 bridgehead atoms. The van der Waals surface area contributed by atoms with Crippen molar-refractivity contribution in [2.75, 3.05) is 0 Å². The maximum atomic E-state index is 12.0. The third kappa shape index (κ3) is 2.15. The van der Waals surface area contributed by atoms with Crippen LogP contribution < -0.4 is 5.14 Å².